The van der Waals surface area contributed by atoms with E-state index in [2.05, 4.69) is 25.1 Å². The average molecular weight is 370 g/mol. The van der Waals surface area contributed by atoms with Crippen molar-refractivity contribution in [3.8, 4) is 10.8 Å². The number of thiophene rings is 1. The number of carbonyl (C=O) groups excluding carboxylic acids is 1. The minimum Gasteiger partial charge on any atom is -0.418 e. The first-order valence-corrected chi connectivity index (χ1v) is 9.27. The van der Waals surface area contributed by atoms with Crippen LogP contribution in [0.4, 0.5) is 0 Å². The van der Waals surface area contributed by atoms with E-state index < -0.39 is 0 Å². The van der Waals surface area contributed by atoms with Crippen LogP contribution in [0.5, 0.6) is 0 Å². The summed E-state index contributed by atoms with van der Waals surface area (Å²) in [5.74, 6) is 1.07. The van der Waals surface area contributed by atoms with Gasteiger partial charge in [-0.15, -0.1) is 21.5 Å². The second kappa shape index (κ2) is 7.30. The molecule has 4 rings (SSSR count). The minimum atomic E-state index is -0.0804. The molecule has 0 N–H and O–H groups in total. The van der Waals surface area contributed by atoms with Gasteiger partial charge in [-0.1, -0.05) is 6.07 Å². The van der Waals surface area contributed by atoms with Crippen molar-refractivity contribution >= 4 is 17.2 Å². The van der Waals surface area contributed by atoms with Crippen LogP contribution >= 0.6 is 11.3 Å². The smallest absolute Gasteiger partial charge is 0.274 e. The van der Waals surface area contributed by atoms with Crippen molar-refractivity contribution in [2.24, 2.45) is 0 Å². The first-order chi connectivity index (χ1) is 12.7. The first-order valence-electron chi connectivity index (χ1n) is 8.39. The lowest BCUT2D eigenvalue weighted by atomic mass is 10.2. The van der Waals surface area contributed by atoms with Crippen molar-refractivity contribution in [1.82, 2.24) is 30.0 Å². The molecule has 1 unspecified atom stereocenters. The van der Waals surface area contributed by atoms with Crippen molar-refractivity contribution in [2.75, 3.05) is 26.2 Å². The molecule has 134 valence electrons. The average Bonchev–Trinajstić information content (AvgIpc) is 3.39. The highest BCUT2D eigenvalue weighted by atomic mass is 32.1. The standard InChI is InChI=1S/C17H18N6O2S/c1-12(15-20-21-16(25-15)14-3-2-10-26-14)22-6-8-23(9-7-22)17(24)13-11-18-4-5-19-13/h2-5,10-12H,6-9H2,1H3. The molecule has 1 fully saturated rings. The number of amides is 1. The van der Waals surface area contributed by atoms with Gasteiger partial charge in [0.05, 0.1) is 17.1 Å². The highest BCUT2D eigenvalue weighted by molar-refractivity contribution is 7.13. The van der Waals surface area contributed by atoms with E-state index in [4.69, 9.17) is 4.42 Å². The van der Waals surface area contributed by atoms with Gasteiger partial charge in [-0.3, -0.25) is 14.7 Å². The fraction of sp³-hybridized carbons (Fsp3) is 0.353. The van der Waals surface area contributed by atoms with Crippen LogP contribution in [-0.2, 0) is 0 Å². The summed E-state index contributed by atoms with van der Waals surface area (Å²) in [6, 6.07) is 3.93. The van der Waals surface area contributed by atoms with E-state index in [1.54, 1.807) is 22.4 Å². The molecule has 26 heavy (non-hydrogen) atoms. The van der Waals surface area contributed by atoms with Crippen molar-refractivity contribution in [3.63, 3.8) is 0 Å². The van der Waals surface area contributed by atoms with Gasteiger partial charge in [0, 0.05) is 38.6 Å². The maximum atomic E-state index is 12.4. The lowest BCUT2D eigenvalue weighted by Crippen LogP contribution is -2.49. The molecule has 1 saturated heterocycles. The third-order valence-electron chi connectivity index (χ3n) is 4.46. The fourth-order valence-electron chi connectivity index (χ4n) is 2.94. The zero-order chi connectivity index (χ0) is 17.9. The molecular formula is C17H18N6O2S. The molecule has 1 amide bonds. The molecule has 0 aliphatic carbocycles. The normalized spacial score (nSPS) is 16.6. The predicted molar refractivity (Wildman–Crippen MR) is 95.5 cm³/mol. The highest BCUT2D eigenvalue weighted by Crippen LogP contribution is 2.27. The van der Waals surface area contributed by atoms with Crippen LogP contribution in [0.25, 0.3) is 10.8 Å². The topological polar surface area (TPSA) is 88.3 Å². The third kappa shape index (κ3) is 3.35. The molecular weight excluding hydrogens is 352 g/mol. The van der Waals surface area contributed by atoms with Crippen molar-refractivity contribution in [2.45, 2.75) is 13.0 Å². The number of carbonyl (C=O) groups is 1. The Kier molecular flexibility index (Phi) is 4.72. The second-order valence-electron chi connectivity index (χ2n) is 6.02. The summed E-state index contributed by atoms with van der Waals surface area (Å²) in [5.41, 5.74) is 0.381. The Bertz CT molecular complexity index is 859. The summed E-state index contributed by atoms with van der Waals surface area (Å²) in [7, 11) is 0. The van der Waals surface area contributed by atoms with E-state index in [1.807, 2.05) is 24.4 Å². The predicted octanol–water partition coefficient (Wildman–Crippen LogP) is 2.11. The van der Waals surface area contributed by atoms with Gasteiger partial charge in [0.2, 0.25) is 5.89 Å². The van der Waals surface area contributed by atoms with E-state index in [0.717, 1.165) is 18.0 Å². The van der Waals surface area contributed by atoms with E-state index in [1.165, 1.54) is 12.4 Å². The van der Waals surface area contributed by atoms with Gasteiger partial charge in [-0.25, -0.2) is 4.98 Å². The molecule has 0 bridgehead atoms. The zero-order valence-electron chi connectivity index (χ0n) is 14.3. The fourth-order valence-corrected chi connectivity index (χ4v) is 3.59. The number of aromatic nitrogens is 4. The second-order valence-corrected chi connectivity index (χ2v) is 6.97. The van der Waals surface area contributed by atoms with Crippen molar-refractivity contribution in [3.05, 3.63) is 47.7 Å². The van der Waals surface area contributed by atoms with E-state index in [9.17, 15) is 4.79 Å². The van der Waals surface area contributed by atoms with Crippen LogP contribution in [0.3, 0.4) is 0 Å². The molecule has 0 radical (unpaired) electrons. The van der Waals surface area contributed by atoms with Gasteiger partial charge in [-0.2, -0.15) is 0 Å². The molecule has 1 atom stereocenters. The molecule has 1 aliphatic rings. The van der Waals surface area contributed by atoms with Crippen LogP contribution in [0.2, 0.25) is 0 Å². The maximum absolute atomic E-state index is 12.4. The van der Waals surface area contributed by atoms with Gasteiger partial charge in [0.1, 0.15) is 5.69 Å². The minimum absolute atomic E-state index is 0.00461. The largest absolute Gasteiger partial charge is 0.418 e. The Morgan fingerprint density at radius 1 is 1.23 bits per heavy atom. The quantitative estimate of drug-likeness (QED) is 0.695. The Morgan fingerprint density at radius 3 is 2.77 bits per heavy atom. The summed E-state index contributed by atoms with van der Waals surface area (Å²) in [6.07, 6.45) is 4.60. The molecule has 3 aromatic heterocycles. The molecule has 8 nitrogen and oxygen atoms in total. The van der Waals surface area contributed by atoms with Gasteiger partial charge >= 0.3 is 0 Å². The lowest BCUT2D eigenvalue weighted by molar-refractivity contribution is 0.0553. The van der Waals surface area contributed by atoms with Crippen LogP contribution in [-0.4, -0.2) is 62.1 Å². The number of hydrogen-bond acceptors (Lipinski definition) is 8. The van der Waals surface area contributed by atoms with Gasteiger partial charge in [0.25, 0.3) is 11.8 Å². The summed E-state index contributed by atoms with van der Waals surface area (Å²) < 4.78 is 5.83. The summed E-state index contributed by atoms with van der Waals surface area (Å²) in [6.45, 7) is 4.79. The highest BCUT2D eigenvalue weighted by Gasteiger charge is 2.28. The zero-order valence-corrected chi connectivity index (χ0v) is 15.1. The molecule has 0 saturated carbocycles. The van der Waals surface area contributed by atoms with Crippen molar-refractivity contribution < 1.29 is 9.21 Å². The number of hydrogen-bond donors (Lipinski definition) is 0. The number of nitrogens with zero attached hydrogens (tertiary/aromatic N) is 6. The van der Waals surface area contributed by atoms with Crippen molar-refractivity contribution in [1.29, 1.82) is 0 Å². The molecule has 0 aromatic carbocycles. The first kappa shape index (κ1) is 16.8. The molecule has 3 aromatic rings. The van der Waals surface area contributed by atoms with Crippen LogP contribution in [0.1, 0.15) is 29.3 Å². The molecule has 1 aliphatic heterocycles. The van der Waals surface area contributed by atoms with Gasteiger partial charge in [-0.05, 0) is 18.4 Å². The molecule has 0 spiro atoms. The van der Waals surface area contributed by atoms with E-state index in [0.29, 0.717) is 30.6 Å². The maximum Gasteiger partial charge on any atom is 0.274 e. The molecule has 9 heteroatoms. The van der Waals surface area contributed by atoms with Crippen LogP contribution < -0.4 is 0 Å². The van der Waals surface area contributed by atoms with Crippen LogP contribution in [0, 0.1) is 0 Å². The lowest BCUT2D eigenvalue weighted by Gasteiger charge is -2.36. The summed E-state index contributed by atoms with van der Waals surface area (Å²) in [5, 5.41) is 10.3. The van der Waals surface area contributed by atoms with Crippen LogP contribution in [0.15, 0.2) is 40.5 Å². The summed E-state index contributed by atoms with van der Waals surface area (Å²) in [4.78, 5) is 25.5. The Hall–Kier alpha value is -2.65. The van der Waals surface area contributed by atoms with Gasteiger partial charge in [0.15, 0.2) is 0 Å². The Balaban J connectivity index is 1.38. The summed E-state index contributed by atoms with van der Waals surface area (Å²) >= 11 is 1.57. The number of rotatable bonds is 4. The van der Waals surface area contributed by atoms with Gasteiger partial charge < -0.3 is 9.32 Å². The monoisotopic (exact) mass is 370 g/mol. The van der Waals surface area contributed by atoms with E-state index >= 15 is 0 Å². The number of piperazine rings is 1. The Labute approximate surface area is 154 Å². The van der Waals surface area contributed by atoms with E-state index in [-0.39, 0.29) is 11.9 Å². The Morgan fingerprint density at radius 2 is 2.08 bits per heavy atom. The third-order valence-corrected chi connectivity index (χ3v) is 5.32. The SMILES string of the molecule is CC(c1nnc(-c2cccs2)o1)N1CCN(C(=O)c2cnccn2)CC1. The molecule has 4 heterocycles.